The van der Waals surface area contributed by atoms with Crippen molar-refractivity contribution in [3.63, 3.8) is 0 Å². The zero-order chi connectivity index (χ0) is 15.1. The summed E-state index contributed by atoms with van der Waals surface area (Å²) in [5, 5.41) is 2.37. The molecule has 3 amide bonds. The van der Waals surface area contributed by atoms with Crippen LogP contribution in [0.1, 0.15) is 19.4 Å². The Balaban J connectivity index is 2.40. The number of benzene rings is 1. The van der Waals surface area contributed by atoms with E-state index in [1.807, 2.05) is 5.43 Å². The van der Waals surface area contributed by atoms with Gasteiger partial charge in [0, 0.05) is 6.04 Å². The fourth-order valence-corrected chi connectivity index (χ4v) is 1.39. The number of rotatable bonds is 3. The average Bonchev–Trinajstić information content (AvgIpc) is 2.35. The summed E-state index contributed by atoms with van der Waals surface area (Å²) >= 11 is 0. The topological polar surface area (TPSA) is 87.3 Å². The van der Waals surface area contributed by atoms with Crippen molar-refractivity contribution < 1.29 is 18.8 Å². The predicted molar refractivity (Wildman–Crippen MR) is 69.7 cm³/mol. The Morgan fingerprint density at radius 1 is 1.15 bits per heavy atom. The molecule has 0 bridgehead atoms. The molecule has 0 saturated heterocycles. The number of halogens is 1. The summed E-state index contributed by atoms with van der Waals surface area (Å²) in [5.74, 6) is -2.81. The third-order valence-electron chi connectivity index (χ3n) is 2.20. The molecule has 108 valence electrons. The van der Waals surface area contributed by atoms with Gasteiger partial charge in [-0.25, -0.2) is 4.39 Å². The summed E-state index contributed by atoms with van der Waals surface area (Å²) in [7, 11) is 0. The molecule has 0 aliphatic rings. The predicted octanol–water partition coefficient (Wildman–Crippen LogP) is 0.0402. The van der Waals surface area contributed by atoms with Gasteiger partial charge < -0.3 is 5.32 Å². The number of nitrogens with one attached hydrogen (secondary N) is 3. The third kappa shape index (κ3) is 5.47. The van der Waals surface area contributed by atoms with Crippen LogP contribution in [0.3, 0.4) is 0 Å². The molecule has 0 aliphatic heterocycles. The van der Waals surface area contributed by atoms with Gasteiger partial charge in [-0.15, -0.1) is 0 Å². The van der Waals surface area contributed by atoms with Crippen molar-refractivity contribution in [2.45, 2.75) is 26.3 Å². The quantitative estimate of drug-likeness (QED) is 0.540. The smallest absolute Gasteiger partial charge is 0.327 e. The molecule has 0 aliphatic carbocycles. The van der Waals surface area contributed by atoms with E-state index in [0.29, 0.717) is 5.56 Å². The summed E-state index contributed by atoms with van der Waals surface area (Å²) < 4.78 is 12.9. The first-order valence-electron chi connectivity index (χ1n) is 6.02. The standard InChI is InChI=1S/C13H16FN3O3/c1-8(2)15-12(19)13(20)17-16-11(18)7-9-4-3-5-10(14)6-9/h3-6,8H,7H2,1-2H3,(H,15,19)(H,16,18)(H,17,20). The monoisotopic (exact) mass is 281 g/mol. The average molecular weight is 281 g/mol. The van der Waals surface area contributed by atoms with Crippen LogP contribution in [0, 0.1) is 5.82 Å². The van der Waals surface area contributed by atoms with Crippen LogP contribution in [0.4, 0.5) is 4.39 Å². The molecule has 3 N–H and O–H groups in total. The third-order valence-corrected chi connectivity index (χ3v) is 2.20. The van der Waals surface area contributed by atoms with Crippen LogP contribution in [0.5, 0.6) is 0 Å². The van der Waals surface area contributed by atoms with E-state index in [1.165, 1.54) is 18.2 Å². The van der Waals surface area contributed by atoms with Crippen molar-refractivity contribution >= 4 is 17.7 Å². The Kier molecular flexibility index (Phi) is 5.64. The zero-order valence-corrected chi connectivity index (χ0v) is 11.2. The number of hydrogen-bond acceptors (Lipinski definition) is 3. The van der Waals surface area contributed by atoms with Crippen molar-refractivity contribution in [1.29, 1.82) is 0 Å². The van der Waals surface area contributed by atoms with Crippen LogP contribution in [0.15, 0.2) is 24.3 Å². The second-order valence-corrected chi connectivity index (χ2v) is 4.44. The first kappa shape index (κ1) is 15.6. The summed E-state index contributed by atoms with van der Waals surface area (Å²) in [6.07, 6.45) is -0.107. The van der Waals surface area contributed by atoms with E-state index in [2.05, 4.69) is 10.7 Å². The Morgan fingerprint density at radius 3 is 2.45 bits per heavy atom. The highest BCUT2D eigenvalue weighted by Gasteiger charge is 2.14. The molecule has 7 heteroatoms. The van der Waals surface area contributed by atoms with Crippen molar-refractivity contribution in [1.82, 2.24) is 16.2 Å². The summed E-state index contributed by atoms with van der Waals surface area (Å²) in [4.78, 5) is 34.0. The van der Waals surface area contributed by atoms with Crippen LogP contribution >= 0.6 is 0 Å². The van der Waals surface area contributed by atoms with Crippen LogP contribution in [0.2, 0.25) is 0 Å². The van der Waals surface area contributed by atoms with Gasteiger partial charge in [-0.2, -0.15) is 0 Å². The summed E-state index contributed by atoms with van der Waals surface area (Å²) in [6, 6.07) is 5.35. The maximum absolute atomic E-state index is 12.9. The van der Waals surface area contributed by atoms with E-state index < -0.39 is 23.5 Å². The van der Waals surface area contributed by atoms with Crippen LogP contribution < -0.4 is 16.2 Å². The molecule has 0 atom stereocenters. The van der Waals surface area contributed by atoms with Gasteiger partial charge in [0.25, 0.3) is 0 Å². The number of hydrazine groups is 1. The fourth-order valence-electron chi connectivity index (χ4n) is 1.39. The van der Waals surface area contributed by atoms with Crippen molar-refractivity contribution in [3.8, 4) is 0 Å². The van der Waals surface area contributed by atoms with Gasteiger partial charge in [-0.1, -0.05) is 12.1 Å². The molecule has 20 heavy (non-hydrogen) atoms. The van der Waals surface area contributed by atoms with Gasteiger partial charge >= 0.3 is 11.8 Å². The van der Waals surface area contributed by atoms with Crippen LogP contribution in [-0.4, -0.2) is 23.8 Å². The fraction of sp³-hybridized carbons (Fsp3) is 0.308. The van der Waals surface area contributed by atoms with Crippen molar-refractivity contribution in [2.24, 2.45) is 0 Å². The number of carbonyl (C=O) groups excluding carboxylic acids is 3. The lowest BCUT2D eigenvalue weighted by molar-refractivity contribution is -0.141. The number of carbonyl (C=O) groups is 3. The highest BCUT2D eigenvalue weighted by molar-refractivity contribution is 6.35. The Labute approximate surface area is 115 Å². The Morgan fingerprint density at radius 2 is 1.85 bits per heavy atom. The molecule has 1 aromatic rings. The number of amides is 3. The van der Waals surface area contributed by atoms with Gasteiger partial charge in [-0.05, 0) is 31.5 Å². The molecule has 0 aromatic heterocycles. The lowest BCUT2D eigenvalue weighted by Crippen LogP contribution is -2.50. The second-order valence-electron chi connectivity index (χ2n) is 4.44. The van der Waals surface area contributed by atoms with Gasteiger partial charge in [0.05, 0.1) is 6.42 Å². The maximum Gasteiger partial charge on any atom is 0.327 e. The summed E-state index contributed by atoms with van der Waals surface area (Å²) in [5.41, 5.74) is 4.52. The second kappa shape index (κ2) is 7.22. The maximum atomic E-state index is 12.9. The van der Waals surface area contributed by atoms with Crippen LogP contribution in [-0.2, 0) is 20.8 Å². The van der Waals surface area contributed by atoms with E-state index in [0.717, 1.165) is 0 Å². The van der Waals surface area contributed by atoms with E-state index in [1.54, 1.807) is 19.9 Å². The van der Waals surface area contributed by atoms with E-state index in [-0.39, 0.29) is 12.5 Å². The normalized spacial score (nSPS) is 10.0. The minimum absolute atomic E-state index is 0.107. The van der Waals surface area contributed by atoms with Gasteiger partial charge in [0.1, 0.15) is 5.82 Å². The van der Waals surface area contributed by atoms with E-state index in [9.17, 15) is 18.8 Å². The first-order chi connectivity index (χ1) is 9.38. The largest absolute Gasteiger partial charge is 0.346 e. The molecule has 6 nitrogen and oxygen atoms in total. The lowest BCUT2D eigenvalue weighted by atomic mass is 10.1. The Bertz CT molecular complexity index is 517. The molecular weight excluding hydrogens is 265 g/mol. The SMILES string of the molecule is CC(C)NC(=O)C(=O)NNC(=O)Cc1cccc(F)c1. The molecule has 1 aromatic carbocycles. The van der Waals surface area contributed by atoms with E-state index >= 15 is 0 Å². The molecule has 1 rings (SSSR count). The minimum Gasteiger partial charge on any atom is -0.346 e. The summed E-state index contributed by atoms with van der Waals surface area (Å²) in [6.45, 7) is 3.40. The number of hydrogen-bond donors (Lipinski definition) is 3. The Hall–Kier alpha value is -2.44. The van der Waals surface area contributed by atoms with Gasteiger partial charge in [-0.3, -0.25) is 25.2 Å². The molecule has 0 radical (unpaired) electrons. The molecule has 0 fully saturated rings. The minimum atomic E-state index is -0.966. The molecular formula is C13H16FN3O3. The van der Waals surface area contributed by atoms with Crippen LogP contribution in [0.25, 0.3) is 0 Å². The molecule has 0 heterocycles. The van der Waals surface area contributed by atoms with Gasteiger partial charge in [0.2, 0.25) is 5.91 Å². The molecule has 0 unspecified atom stereocenters. The lowest BCUT2D eigenvalue weighted by Gasteiger charge is -2.09. The van der Waals surface area contributed by atoms with E-state index in [4.69, 9.17) is 0 Å². The molecule has 0 saturated carbocycles. The highest BCUT2D eigenvalue weighted by atomic mass is 19.1. The highest BCUT2D eigenvalue weighted by Crippen LogP contribution is 2.03. The molecule has 0 spiro atoms. The zero-order valence-electron chi connectivity index (χ0n) is 11.2. The van der Waals surface area contributed by atoms with Gasteiger partial charge in [0.15, 0.2) is 0 Å². The first-order valence-corrected chi connectivity index (χ1v) is 6.02. The van der Waals surface area contributed by atoms with Crippen molar-refractivity contribution in [3.05, 3.63) is 35.6 Å². The van der Waals surface area contributed by atoms with Crippen molar-refractivity contribution in [2.75, 3.05) is 0 Å².